The Labute approximate surface area is 191 Å². The second-order valence-electron chi connectivity index (χ2n) is 6.65. The molecule has 0 aliphatic carbocycles. The second kappa shape index (κ2) is 9.21. The number of fused-ring (bicyclic) bond motifs is 1. The quantitative estimate of drug-likeness (QED) is 0.306. The number of methoxy groups -OCH3 is 1. The van der Waals surface area contributed by atoms with Gasteiger partial charge in [-0.15, -0.1) is 32.9 Å². The number of esters is 1. The van der Waals surface area contributed by atoms with Gasteiger partial charge in [-0.3, -0.25) is 4.79 Å². The van der Waals surface area contributed by atoms with Gasteiger partial charge in [0.25, 0.3) is 0 Å². The van der Waals surface area contributed by atoms with E-state index in [0.717, 1.165) is 28.1 Å². The van der Waals surface area contributed by atoms with Gasteiger partial charge in [0.05, 0.1) is 18.4 Å². The molecular weight excluding hydrogens is 452 g/mol. The molecule has 10 heteroatoms. The Morgan fingerprint density at radius 3 is 2.84 bits per heavy atom. The van der Waals surface area contributed by atoms with Crippen molar-refractivity contribution in [3.63, 3.8) is 0 Å². The zero-order chi connectivity index (χ0) is 22.0. The molecule has 0 spiro atoms. The number of hydrogen-bond donors (Lipinski definition) is 1. The maximum absolute atomic E-state index is 12.5. The summed E-state index contributed by atoms with van der Waals surface area (Å²) in [6.07, 6.45) is 0.776. The third-order valence-corrected chi connectivity index (χ3v) is 7.86. The molecule has 4 aromatic rings. The molecule has 0 saturated heterocycles. The Bertz CT molecular complexity index is 1260. The molecule has 0 saturated carbocycles. The van der Waals surface area contributed by atoms with E-state index in [1.807, 2.05) is 30.7 Å². The van der Waals surface area contributed by atoms with Crippen molar-refractivity contribution in [1.29, 1.82) is 0 Å². The smallest absolute Gasteiger partial charge is 0.340 e. The third kappa shape index (κ3) is 4.36. The molecule has 0 fully saturated rings. The van der Waals surface area contributed by atoms with Gasteiger partial charge >= 0.3 is 5.97 Å². The summed E-state index contributed by atoms with van der Waals surface area (Å²) in [6.45, 7) is 2.00. The molecule has 160 valence electrons. The molecule has 7 nitrogen and oxygen atoms in total. The van der Waals surface area contributed by atoms with Crippen LogP contribution in [0, 0.1) is 0 Å². The number of nitrogens with one attached hydrogen (secondary N) is 1. The van der Waals surface area contributed by atoms with Crippen molar-refractivity contribution in [3.05, 3.63) is 46.2 Å². The van der Waals surface area contributed by atoms with Gasteiger partial charge in [-0.1, -0.05) is 36.9 Å². The highest BCUT2D eigenvalue weighted by atomic mass is 32.2. The van der Waals surface area contributed by atoms with Crippen LogP contribution >= 0.6 is 34.4 Å². The Balaban J connectivity index is 1.46. The lowest BCUT2D eigenvalue weighted by Gasteiger charge is -2.06. The van der Waals surface area contributed by atoms with Crippen LogP contribution in [0.2, 0.25) is 0 Å². The van der Waals surface area contributed by atoms with E-state index in [-0.39, 0.29) is 11.7 Å². The molecule has 3 heterocycles. The van der Waals surface area contributed by atoms with Crippen molar-refractivity contribution < 1.29 is 14.3 Å². The van der Waals surface area contributed by atoms with E-state index in [2.05, 4.69) is 33.0 Å². The minimum absolute atomic E-state index is 0.149. The summed E-state index contributed by atoms with van der Waals surface area (Å²) in [7, 11) is 3.22. The van der Waals surface area contributed by atoms with Crippen molar-refractivity contribution >= 4 is 61.4 Å². The van der Waals surface area contributed by atoms with Crippen LogP contribution < -0.4 is 5.32 Å². The molecule has 0 aliphatic heterocycles. The van der Waals surface area contributed by atoms with E-state index in [1.165, 1.54) is 34.9 Å². The number of carbonyl (C=O) groups excluding carboxylic acids is 2. The van der Waals surface area contributed by atoms with Crippen LogP contribution in [0.4, 0.5) is 5.00 Å². The predicted molar refractivity (Wildman–Crippen MR) is 126 cm³/mol. The molecule has 31 heavy (non-hydrogen) atoms. The van der Waals surface area contributed by atoms with Gasteiger partial charge in [-0.05, 0) is 18.6 Å². The number of aromatic nitrogens is 3. The number of thioether (sulfide) groups is 1. The first-order valence-corrected chi connectivity index (χ1v) is 12.2. The van der Waals surface area contributed by atoms with E-state index < -0.39 is 5.97 Å². The summed E-state index contributed by atoms with van der Waals surface area (Å²) >= 11 is 4.35. The molecule has 4 rings (SSSR count). The second-order valence-corrected chi connectivity index (χ2v) is 9.64. The molecule has 0 bridgehead atoms. The molecule has 0 atom stereocenters. The predicted octanol–water partition coefficient (Wildman–Crippen LogP) is 4.84. The first kappa shape index (κ1) is 21.5. The Morgan fingerprint density at radius 2 is 2.06 bits per heavy atom. The van der Waals surface area contributed by atoms with Gasteiger partial charge < -0.3 is 14.6 Å². The van der Waals surface area contributed by atoms with Crippen LogP contribution in [0.15, 0.2) is 40.9 Å². The number of rotatable bonds is 7. The van der Waals surface area contributed by atoms with E-state index >= 15 is 0 Å². The van der Waals surface area contributed by atoms with E-state index in [9.17, 15) is 9.59 Å². The van der Waals surface area contributed by atoms with Gasteiger partial charge in [0.2, 0.25) is 5.91 Å². The van der Waals surface area contributed by atoms with E-state index in [1.54, 1.807) is 17.4 Å². The Kier molecular flexibility index (Phi) is 6.40. The fourth-order valence-corrected chi connectivity index (χ4v) is 5.74. The lowest BCUT2D eigenvalue weighted by atomic mass is 10.2. The van der Waals surface area contributed by atoms with Crippen LogP contribution in [0.5, 0.6) is 0 Å². The molecule has 1 N–H and O–H groups in total. The summed E-state index contributed by atoms with van der Waals surface area (Å²) in [4.78, 5) is 25.5. The monoisotopic (exact) mass is 472 g/mol. The highest BCUT2D eigenvalue weighted by molar-refractivity contribution is 7.99. The largest absolute Gasteiger partial charge is 0.465 e. The minimum Gasteiger partial charge on any atom is -0.465 e. The molecule has 0 aliphatic rings. The average molecular weight is 473 g/mol. The van der Waals surface area contributed by atoms with Crippen LogP contribution in [0.3, 0.4) is 0 Å². The number of ether oxygens (including phenoxy) is 1. The van der Waals surface area contributed by atoms with Crippen molar-refractivity contribution in [3.8, 4) is 11.4 Å². The van der Waals surface area contributed by atoms with Gasteiger partial charge in [0, 0.05) is 33.0 Å². The topological polar surface area (TPSA) is 86.1 Å². The first-order valence-electron chi connectivity index (χ1n) is 9.51. The van der Waals surface area contributed by atoms with Crippen LogP contribution in [0.1, 0.15) is 22.2 Å². The van der Waals surface area contributed by atoms with Crippen LogP contribution in [-0.2, 0) is 23.0 Å². The number of thiophene rings is 2. The van der Waals surface area contributed by atoms with Crippen molar-refractivity contribution in [1.82, 2.24) is 14.8 Å². The zero-order valence-electron chi connectivity index (χ0n) is 17.2. The van der Waals surface area contributed by atoms with Gasteiger partial charge in [-0.25, -0.2) is 4.79 Å². The number of carbonyl (C=O) groups is 2. The normalized spacial score (nSPS) is 11.1. The molecular formula is C21H20N4O3S3. The zero-order valence-corrected chi connectivity index (χ0v) is 19.6. The lowest BCUT2D eigenvalue weighted by molar-refractivity contribution is -0.113. The van der Waals surface area contributed by atoms with Crippen LogP contribution in [0.25, 0.3) is 21.5 Å². The van der Waals surface area contributed by atoms with Crippen molar-refractivity contribution in [2.24, 2.45) is 7.05 Å². The molecule has 0 unspecified atom stereocenters. The van der Waals surface area contributed by atoms with E-state index in [4.69, 9.17) is 4.74 Å². The van der Waals surface area contributed by atoms with E-state index in [0.29, 0.717) is 15.7 Å². The fourth-order valence-electron chi connectivity index (χ4n) is 3.09. The molecule has 3 aromatic heterocycles. The number of benzene rings is 1. The summed E-state index contributed by atoms with van der Waals surface area (Å²) in [6, 6.07) is 9.94. The number of aryl methyl sites for hydroxylation is 1. The maximum Gasteiger partial charge on any atom is 0.340 e. The summed E-state index contributed by atoms with van der Waals surface area (Å²) in [5, 5.41) is 15.8. The Hall–Kier alpha value is -2.69. The first-order chi connectivity index (χ1) is 15.0. The summed E-state index contributed by atoms with van der Waals surface area (Å²) < 4.78 is 7.91. The number of anilines is 1. The Morgan fingerprint density at radius 1 is 1.26 bits per heavy atom. The van der Waals surface area contributed by atoms with Crippen molar-refractivity contribution in [2.45, 2.75) is 18.5 Å². The number of hydrogen-bond acceptors (Lipinski definition) is 8. The minimum atomic E-state index is -0.458. The maximum atomic E-state index is 12.5. The molecule has 0 radical (unpaired) electrons. The average Bonchev–Trinajstić information content (AvgIpc) is 3.48. The number of amides is 1. The third-order valence-electron chi connectivity index (χ3n) is 4.68. The standard InChI is InChI=1S/C21H20N4O3S3/c1-4-12-9-14(20(27)28-3)19(31-12)22-17(26)11-30-21-24-23-18(25(21)2)15-10-29-16-8-6-5-7-13(15)16/h5-10H,4,11H2,1-3H3,(H,22,26). The highest BCUT2D eigenvalue weighted by Crippen LogP contribution is 2.34. The molecule has 1 amide bonds. The van der Waals surface area contributed by atoms with Gasteiger partial charge in [0.15, 0.2) is 11.0 Å². The SMILES string of the molecule is CCc1cc(C(=O)OC)c(NC(=O)CSc2nnc(-c3csc4ccccc34)n2C)s1. The van der Waals surface area contributed by atoms with Gasteiger partial charge in [-0.2, -0.15) is 0 Å². The van der Waals surface area contributed by atoms with Crippen LogP contribution in [-0.4, -0.2) is 39.5 Å². The number of nitrogens with zero attached hydrogens (tertiary/aromatic N) is 3. The summed E-state index contributed by atoms with van der Waals surface area (Å²) in [5.74, 6) is 0.236. The van der Waals surface area contributed by atoms with Gasteiger partial charge in [0.1, 0.15) is 5.00 Å². The fraction of sp³-hybridized carbons (Fsp3) is 0.238. The van der Waals surface area contributed by atoms with Crippen molar-refractivity contribution in [2.75, 3.05) is 18.2 Å². The highest BCUT2D eigenvalue weighted by Gasteiger charge is 2.19. The molecule has 1 aromatic carbocycles. The lowest BCUT2D eigenvalue weighted by Crippen LogP contribution is -2.16. The summed E-state index contributed by atoms with van der Waals surface area (Å²) in [5.41, 5.74) is 1.41.